The molecule has 4 nitrogen and oxygen atoms in total. The van der Waals surface area contributed by atoms with Crippen LogP contribution < -0.4 is 10.1 Å². The van der Waals surface area contributed by atoms with Gasteiger partial charge in [-0.15, -0.1) is 0 Å². The monoisotopic (exact) mass is 265 g/mol. The molecule has 1 aliphatic rings. The third kappa shape index (κ3) is 3.93. The second-order valence-corrected chi connectivity index (χ2v) is 4.87. The predicted molar refractivity (Wildman–Crippen MR) is 74.5 cm³/mol. The lowest BCUT2D eigenvalue weighted by atomic mass is 10.0. The second kappa shape index (κ2) is 6.89. The number of hydrogen-bond donors (Lipinski definition) is 1. The average molecular weight is 265 g/mol. The van der Waals surface area contributed by atoms with Crippen LogP contribution in [0.3, 0.4) is 0 Å². The maximum Gasteiger partial charge on any atom is 0.119 e. The van der Waals surface area contributed by atoms with Gasteiger partial charge in [0.05, 0.1) is 13.2 Å². The topological polar surface area (TPSA) is 39.7 Å². The lowest BCUT2D eigenvalue weighted by Crippen LogP contribution is -2.42. The Morgan fingerprint density at radius 2 is 2.11 bits per heavy atom. The van der Waals surface area contributed by atoms with Crippen molar-refractivity contribution in [1.82, 2.24) is 5.32 Å². The summed E-state index contributed by atoms with van der Waals surface area (Å²) >= 11 is 0. The number of ether oxygens (including phenoxy) is 3. The van der Waals surface area contributed by atoms with E-state index in [9.17, 15) is 0 Å². The third-order valence-electron chi connectivity index (χ3n) is 3.51. The van der Waals surface area contributed by atoms with Crippen LogP contribution in [-0.4, -0.2) is 39.1 Å². The first-order valence-electron chi connectivity index (χ1n) is 6.83. The van der Waals surface area contributed by atoms with Crippen molar-refractivity contribution >= 4 is 0 Å². The van der Waals surface area contributed by atoms with Crippen molar-refractivity contribution < 1.29 is 14.2 Å². The van der Waals surface area contributed by atoms with Crippen LogP contribution in [0.5, 0.6) is 5.75 Å². The van der Waals surface area contributed by atoms with Gasteiger partial charge in [-0.05, 0) is 24.6 Å². The normalized spacial score (nSPS) is 22.6. The molecule has 0 radical (unpaired) electrons. The van der Waals surface area contributed by atoms with Crippen molar-refractivity contribution in [2.75, 3.05) is 33.5 Å². The van der Waals surface area contributed by atoms with Crippen molar-refractivity contribution in [1.29, 1.82) is 0 Å². The van der Waals surface area contributed by atoms with E-state index >= 15 is 0 Å². The van der Waals surface area contributed by atoms with Gasteiger partial charge in [-0.2, -0.15) is 0 Å². The van der Waals surface area contributed by atoms with Crippen LogP contribution >= 0.6 is 0 Å². The van der Waals surface area contributed by atoms with Gasteiger partial charge in [0.25, 0.3) is 0 Å². The Bertz CT molecular complexity index is 371. The smallest absolute Gasteiger partial charge is 0.119 e. The summed E-state index contributed by atoms with van der Waals surface area (Å²) in [7, 11) is 1.76. The van der Waals surface area contributed by atoms with Crippen molar-refractivity contribution in [2.45, 2.75) is 25.5 Å². The van der Waals surface area contributed by atoms with Gasteiger partial charge < -0.3 is 19.5 Å². The molecule has 0 bridgehead atoms. The Morgan fingerprint density at radius 3 is 2.68 bits per heavy atom. The van der Waals surface area contributed by atoms with Crippen molar-refractivity contribution in [2.24, 2.45) is 0 Å². The molecule has 1 aliphatic heterocycles. The average Bonchev–Trinajstić information content (AvgIpc) is 2.91. The lowest BCUT2D eigenvalue weighted by Gasteiger charge is -2.26. The van der Waals surface area contributed by atoms with E-state index in [1.807, 2.05) is 19.1 Å². The zero-order chi connectivity index (χ0) is 13.6. The molecule has 19 heavy (non-hydrogen) atoms. The zero-order valence-electron chi connectivity index (χ0n) is 11.8. The van der Waals surface area contributed by atoms with Gasteiger partial charge in [-0.3, -0.25) is 0 Å². The van der Waals surface area contributed by atoms with Crippen LogP contribution in [-0.2, 0) is 16.0 Å². The highest BCUT2D eigenvalue weighted by molar-refractivity contribution is 5.27. The van der Waals surface area contributed by atoms with Gasteiger partial charge >= 0.3 is 0 Å². The molecular weight excluding hydrogens is 242 g/mol. The molecule has 106 valence electrons. The van der Waals surface area contributed by atoms with Gasteiger partial charge in [0.15, 0.2) is 0 Å². The quantitative estimate of drug-likeness (QED) is 0.818. The van der Waals surface area contributed by atoms with E-state index in [0.717, 1.165) is 31.9 Å². The Kier molecular flexibility index (Phi) is 5.19. The van der Waals surface area contributed by atoms with E-state index in [4.69, 9.17) is 14.2 Å². The summed E-state index contributed by atoms with van der Waals surface area (Å²) in [5, 5.41) is 3.44. The number of rotatable bonds is 7. The van der Waals surface area contributed by atoms with Crippen molar-refractivity contribution in [3.05, 3.63) is 29.8 Å². The summed E-state index contributed by atoms with van der Waals surface area (Å²) in [6.07, 6.45) is 0.958. The summed E-state index contributed by atoms with van der Waals surface area (Å²) < 4.78 is 16.4. The van der Waals surface area contributed by atoms with Gasteiger partial charge in [0.1, 0.15) is 11.4 Å². The van der Waals surface area contributed by atoms with Crippen LogP contribution in [0.25, 0.3) is 0 Å². The van der Waals surface area contributed by atoms with E-state index in [2.05, 4.69) is 17.4 Å². The fourth-order valence-electron chi connectivity index (χ4n) is 2.27. The molecule has 0 saturated carbocycles. The number of nitrogens with one attached hydrogen (secondary N) is 1. The molecule has 0 aliphatic carbocycles. The highest BCUT2D eigenvalue weighted by Crippen LogP contribution is 2.21. The van der Waals surface area contributed by atoms with Crippen LogP contribution in [0.2, 0.25) is 0 Å². The number of hydrogen-bond acceptors (Lipinski definition) is 4. The Hall–Kier alpha value is -1.10. The maximum absolute atomic E-state index is 5.58. The molecule has 2 rings (SSSR count). The Labute approximate surface area is 115 Å². The van der Waals surface area contributed by atoms with E-state index < -0.39 is 0 Å². The molecular formula is C15H23NO3. The summed E-state index contributed by atoms with van der Waals surface area (Å²) in [6.45, 7) is 5.81. The van der Waals surface area contributed by atoms with Crippen molar-refractivity contribution in [3.8, 4) is 5.75 Å². The highest BCUT2D eigenvalue weighted by atomic mass is 16.5. The first-order valence-corrected chi connectivity index (χ1v) is 6.83. The molecule has 0 amide bonds. The predicted octanol–water partition coefficient (Wildman–Crippen LogP) is 1.98. The number of benzene rings is 1. The molecule has 1 fully saturated rings. The summed E-state index contributed by atoms with van der Waals surface area (Å²) in [5.74, 6) is 0.920. The van der Waals surface area contributed by atoms with Crippen LogP contribution in [0, 0.1) is 0 Å². The standard InChI is InChI=1S/C15H23NO3/c1-3-19-14-6-4-13(5-7-14)10-16-11-15(17-2)8-9-18-12-15/h4-7,16H,3,8-12H2,1-2H3. The molecule has 1 saturated heterocycles. The van der Waals surface area contributed by atoms with Crippen LogP contribution in [0.1, 0.15) is 18.9 Å². The van der Waals surface area contributed by atoms with Crippen LogP contribution in [0.15, 0.2) is 24.3 Å². The SMILES string of the molecule is CCOc1ccc(CNCC2(OC)CCOC2)cc1. The van der Waals surface area contributed by atoms with Crippen molar-refractivity contribution in [3.63, 3.8) is 0 Å². The number of methoxy groups -OCH3 is 1. The largest absolute Gasteiger partial charge is 0.494 e. The fourth-order valence-corrected chi connectivity index (χ4v) is 2.27. The molecule has 4 heteroatoms. The molecule has 1 N–H and O–H groups in total. The maximum atomic E-state index is 5.58. The molecule has 1 heterocycles. The van der Waals surface area contributed by atoms with Gasteiger partial charge in [-0.1, -0.05) is 12.1 Å². The highest BCUT2D eigenvalue weighted by Gasteiger charge is 2.34. The van der Waals surface area contributed by atoms with E-state index in [-0.39, 0.29) is 5.60 Å². The molecule has 1 atom stereocenters. The first-order chi connectivity index (χ1) is 9.28. The lowest BCUT2D eigenvalue weighted by molar-refractivity contribution is -0.0159. The molecule has 1 unspecified atom stereocenters. The summed E-state index contributed by atoms with van der Waals surface area (Å²) in [6, 6.07) is 8.18. The first kappa shape index (κ1) is 14.3. The minimum atomic E-state index is -0.148. The molecule has 1 aromatic rings. The van der Waals surface area contributed by atoms with Crippen LogP contribution in [0.4, 0.5) is 0 Å². The Morgan fingerprint density at radius 1 is 1.32 bits per heavy atom. The second-order valence-electron chi connectivity index (χ2n) is 4.87. The van der Waals surface area contributed by atoms with E-state index in [0.29, 0.717) is 13.2 Å². The Balaban J connectivity index is 1.78. The third-order valence-corrected chi connectivity index (χ3v) is 3.51. The molecule has 1 aromatic carbocycles. The van der Waals surface area contributed by atoms with E-state index in [1.165, 1.54) is 5.56 Å². The summed E-state index contributed by atoms with van der Waals surface area (Å²) in [5.41, 5.74) is 1.10. The van der Waals surface area contributed by atoms with Gasteiger partial charge in [0.2, 0.25) is 0 Å². The molecule has 0 aromatic heterocycles. The fraction of sp³-hybridized carbons (Fsp3) is 0.600. The minimum absolute atomic E-state index is 0.148. The zero-order valence-corrected chi connectivity index (χ0v) is 11.8. The molecule has 0 spiro atoms. The van der Waals surface area contributed by atoms with E-state index in [1.54, 1.807) is 7.11 Å². The minimum Gasteiger partial charge on any atom is -0.494 e. The van der Waals surface area contributed by atoms with Gasteiger partial charge in [0, 0.05) is 33.2 Å². The summed E-state index contributed by atoms with van der Waals surface area (Å²) in [4.78, 5) is 0. The van der Waals surface area contributed by atoms with Gasteiger partial charge in [-0.25, -0.2) is 0 Å².